The van der Waals surface area contributed by atoms with Crippen LogP contribution < -0.4 is 10.5 Å². The molecule has 1 amide bonds. The fourth-order valence-corrected chi connectivity index (χ4v) is 4.28. The molecule has 2 heterocycles. The highest BCUT2D eigenvalue weighted by Crippen LogP contribution is 2.24. The first-order valence-electron chi connectivity index (χ1n) is 9.86. The average Bonchev–Trinajstić information content (AvgIpc) is 3.39. The van der Waals surface area contributed by atoms with Crippen molar-refractivity contribution in [1.82, 2.24) is 20.0 Å². The minimum Gasteiger partial charge on any atom is -0.414 e. The minimum absolute atomic E-state index is 0.0233. The maximum Gasteiger partial charge on any atom is 0.277 e. The summed E-state index contributed by atoms with van der Waals surface area (Å²) in [5.41, 5.74) is 3.11. The van der Waals surface area contributed by atoms with Gasteiger partial charge in [0.15, 0.2) is 0 Å². The van der Waals surface area contributed by atoms with Crippen LogP contribution in [0.25, 0.3) is 11.3 Å². The van der Waals surface area contributed by atoms with Gasteiger partial charge in [-0.3, -0.25) is 9.48 Å². The molecule has 4 aromatic rings. The predicted molar refractivity (Wildman–Crippen MR) is 128 cm³/mol. The lowest BCUT2D eigenvalue weighted by molar-refractivity contribution is -0.113. The van der Waals surface area contributed by atoms with Gasteiger partial charge >= 0.3 is 0 Å². The highest BCUT2D eigenvalue weighted by Gasteiger charge is 2.14. The first-order chi connectivity index (χ1) is 16.2. The monoisotopic (exact) mass is 518 g/mol. The molecule has 0 atom stereocenters. The standard InChI is InChI=1S/C21H19ClN6O4S2/c1-13-10-18(14-2-4-15(22)5-3-14)28(27-13)11-20-25-26-21(32-20)33-12-19(29)24-16-6-8-17(9-7-16)34(23,30)31/h2-10H,11-12H2,1H3,(H,24,29)(H2,23,30,31). The first kappa shape index (κ1) is 24.0. The van der Waals surface area contributed by atoms with E-state index in [1.165, 1.54) is 24.3 Å². The predicted octanol–water partition coefficient (Wildman–Crippen LogP) is 3.32. The van der Waals surface area contributed by atoms with E-state index in [4.69, 9.17) is 21.2 Å². The SMILES string of the molecule is Cc1cc(-c2ccc(Cl)cc2)n(Cc2nnc(SCC(=O)Nc3ccc(S(N)(=O)=O)cc3)o2)n1. The number of nitrogens with one attached hydrogen (secondary N) is 1. The highest BCUT2D eigenvalue weighted by molar-refractivity contribution is 7.99. The minimum atomic E-state index is -3.79. The zero-order valence-electron chi connectivity index (χ0n) is 17.8. The third-order valence-corrected chi connectivity index (χ3v) is 6.57. The maximum absolute atomic E-state index is 12.2. The molecule has 2 aromatic carbocycles. The molecular formula is C21H19ClN6O4S2. The zero-order chi connectivity index (χ0) is 24.3. The normalized spacial score (nSPS) is 11.5. The van der Waals surface area contributed by atoms with E-state index >= 15 is 0 Å². The number of anilines is 1. The number of nitrogens with two attached hydrogens (primary N) is 1. The highest BCUT2D eigenvalue weighted by atomic mass is 35.5. The summed E-state index contributed by atoms with van der Waals surface area (Å²) in [6, 6.07) is 14.9. The van der Waals surface area contributed by atoms with E-state index in [1.807, 2.05) is 37.3 Å². The molecule has 176 valence electrons. The van der Waals surface area contributed by atoms with Crippen molar-refractivity contribution in [1.29, 1.82) is 0 Å². The lowest BCUT2D eigenvalue weighted by Crippen LogP contribution is -2.15. The van der Waals surface area contributed by atoms with E-state index in [0.29, 0.717) is 16.6 Å². The number of hydrogen-bond acceptors (Lipinski definition) is 8. The van der Waals surface area contributed by atoms with Crippen LogP contribution >= 0.6 is 23.4 Å². The fraction of sp³-hybridized carbons (Fsp3) is 0.143. The number of benzene rings is 2. The zero-order valence-corrected chi connectivity index (χ0v) is 20.2. The summed E-state index contributed by atoms with van der Waals surface area (Å²) >= 11 is 7.06. The molecule has 0 radical (unpaired) electrons. The average molecular weight is 519 g/mol. The summed E-state index contributed by atoms with van der Waals surface area (Å²) in [5, 5.41) is 21.1. The van der Waals surface area contributed by atoms with Crippen LogP contribution in [0.3, 0.4) is 0 Å². The van der Waals surface area contributed by atoms with Crippen LogP contribution in [0.5, 0.6) is 0 Å². The molecule has 2 aromatic heterocycles. The fourth-order valence-electron chi connectivity index (χ4n) is 3.06. The second-order valence-electron chi connectivity index (χ2n) is 7.20. The molecule has 3 N–H and O–H groups in total. The molecule has 10 nitrogen and oxygen atoms in total. The lowest BCUT2D eigenvalue weighted by Gasteiger charge is -2.05. The van der Waals surface area contributed by atoms with Crippen LogP contribution in [0, 0.1) is 6.92 Å². The Kier molecular flexibility index (Phi) is 7.03. The van der Waals surface area contributed by atoms with Gasteiger partial charge in [0.25, 0.3) is 5.22 Å². The number of carbonyl (C=O) groups excluding carboxylic acids is 1. The summed E-state index contributed by atoms with van der Waals surface area (Å²) in [4.78, 5) is 12.2. The molecule has 0 saturated heterocycles. The van der Waals surface area contributed by atoms with Crippen molar-refractivity contribution in [2.24, 2.45) is 5.14 Å². The Bertz CT molecular complexity index is 1420. The van der Waals surface area contributed by atoms with Crippen molar-refractivity contribution in [2.45, 2.75) is 23.6 Å². The van der Waals surface area contributed by atoms with E-state index in [9.17, 15) is 13.2 Å². The van der Waals surface area contributed by atoms with Gasteiger partial charge in [-0.15, -0.1) is 10.2 Å². The number of aryl methyl sites for hydroxylation is 1. The van der Waals surface area contributed by atoms with Gasteiger partial charge in [0, 0.05) is 10.7 Å². The number of rotatable bonds is 8. The number of amides is 1. The van der Waals surface area contributed by atoms with Crippen molar-refractivity contribution in [3.8, 4) is 11.3 Å². The Hall–Kier alpha value is -3.19. The van der Waals surface area contributed by atoms with Crippen molar-refractivity contribution in [2.75, 3.05) is 11.1 Å². The van der Waals surface area contributed by atoms with Gasteiger partial charge < -0.3 is 9.73 Å². The van der Waals surface area contributed by atoms with Crippen LogP contribution in [0.15, 0.2) is 69.1 Å². The maximum atomic E-state index is 12.2. The van der Waals surface area contributed by atoms with Crippen LogP contribution in [-0.4, -0.2) is 40.1 Å². The van der Waals surface area contributed by atoms with Crippen molar-refractivity contribution >= 4 is 45.0 Å². The van der Waals surface area contributed by atoms with Crippen molar-refractivity contribution in [3.05, 3.63) is 71.2 Å². The van der Waals surface area contributed by atoms with Crippen LogP contribution in [-0.2, 0) is 21.4 Å². The number of thioether (sulfide) groups is 1. The van der Waals surface area contributed by atoms with Gasteiger partial charge in [-0.2, -0.15) is 5.10 Å². The molecule has 0 aliphatic rings. The summed E-state index contributed by atoms with van der Waals surface area (Å²) < 4.78 is 30.0. The van der Waals surface area contributed by atoms with Crippen LogP contribution in [0.4, 0.5) is 5.69 Å². The first-order valence-corrected chi connectivity index (χ1v) is 12.8. The molecule has 0 unspecified atom stereocenters. The van der Waals surface area contributed by atoms with E-state index in [-0.39, 0.29) is 28.3 Å². The molecule has 0 bridgehead atoms. The number of sulfonamides is 1. The third-order valence-electron chi connectivity index (χ3n) is 4.57. The van der Waals surface area contributed by atoms with Gasteiger partial charge in [-0.25, -0.2) is 13.6 Å². The molecule has 0 saturated carbocycles. The van der Waals surface area contributed by atoms with Gasteiger partial charge in [0.1, 0.15) is 6.54 Å². The van der Waals surface area contributed by atoms with Crippen LogP contribution in [0.1, 0.15) is 11.6 Å². The number of carbonyl (C=O) groups is 1. The Morgan fingerprint density at radius 3 is 2.53 bits per heavy atom. The quantitative estimate of drug-likeness (QED) is 0.338. The van der Waals surface area contributed by atoms with Gasteiger partial charge in [0.05, 0.1) is 22.0 Å². The molecule has 13 heteroatoms. The summed E-state index contributed by atoms with van der Waals surface area (Å²) in [7, 11) is -3.79. The smallest absolute Gasteiger partial charge is 0.277 e. The number of aromatic nitrogens is 4. The number of hydrogen-bond donors (Lipinski definition) is 2. The molecule has 0 aliphatic carbocycles. The van der Waals surface area contributed by atoms with Crippen molar-refractivity contribution < 1.29 is 17.6 Å². The third kappa shape index (κ3) is 6.03. The molecule has 34 heavy (non-hydrogen) atoms. The van der Waals surface area contributed by atoms with E-state index in [2.05, 4.69) is 20.6 Å². The second kappa shape index (κ2) is 9.97. The Morgan fingerprint density at radius 2 is 1.85 bits per heavy atom. The number of nitrogens with zero attached hydrogens (tertiary/aromatic N) is 4. The number of halogens is 1. The topological polar surface area (TPSA) is 146 Å². The van der Waals surface area contributed by atoms with E-state index in [1.54, 1.807) is 4.68 Å². The Morgan fingerprint density at radius 1 is 1.15 bits per heavy atom. The Labute approximate surface area is 204 Å². The van der Waals surface area contributed by atoms with E-state index < -0.39 is 10.0 Å². The second-order valence-corrected chi connectivity index (χ2v) is 10.1. The van der Waals surface area contributed by atoms with E-state index in [0.717, 1.165) is 28.7 Å². The molecule has 0 aliphatic heterocycles. The summed E-state index contributed by atoms with van der Waals surface area (Å²) in [6.07, 6.45) is 0. The summed E-state index contributed by atoms with van der Waals surface area (Å²) in [5.74, 6) is 0.0517. The largest absolute Gasteiger partial charge is 0.414 e. The van der Waals surface area contributed by atoms with Gasteiger partial charge in [-0.1, -0.05) is 35.5 Å². The van der Waals surface area contributed by atoms with Crippen LogP contribution in [0.2, 0.25) is 5.02 Å². The van der Waals surface area contributed by atoms with Gasteiger partial charge in [-0.05, 0) is 55.0 Å². The lowest BCUT2D eigenvalue weighted by atomic mass is 10.1. The number of primary sulfonamides is 1. The Balaban J connectivity index is 1.35. The summed E-state index contributed by atoms with van der Waals surface area (Å²) in [6.45, 7) is 2.16. The van der Waals surface area contributed by atoms with Gasteiger partial charge in [0.2, 0.25) is 21.8 Å². The molecule has 0 spiro atoms. The molecular weight excluding hydrogens is 500 g/mol. The van der Waals surface area contributed by atoms with Crippen molar-refractivity contribution in [3.63, 3.8) is 0 Å². The molecule has 0 fully saturated rings. The molecule has 4 rings (SSSR count).